The summed E-state index contributed by atoms with van der Waals surface area (Å²) in [6, 6.07) is 15.5. The van der Waals surface area contributed by atoms with Crippen molar-refractivity contribution in [3.63, 3.8) is 0 Å². The summed E-state index contributed by atoms with van der Waals surface area (Å²) >= 11 is 0. The van der Waals surface area contributed by atoms with E-state index in [1.165, 1.54) is 0 Å². The molecule has 0 aliphatic carbocycles. The van der Waals surface area contributed by atoms with Crippen molar-refractivity contribution in [2.45, 2.75) is 13.5 Å². The third-order valence-corrected chi connectivity index (χ3v) is 3.48. The first-order chi connectivity index (χ1) is 11.1. The summed E-state index contributed by atoms with van der Waals surface area (Å²) in [6.45, 7) is 2.43. The van der Waals surface area contributed by atoms with E-state index in [1.807, 2.05) is 55.5 Å². The molecule has 6 heteroatoms. The first-order valence-electron chi connectivity index (χ1n) is 7.13. The second-order valence-electron chi connectivity index (χ2n) is 5.14. The molecule has 0 saturated carbocycles. The van der Waals surface area contributed by atoms with Gasteiger partial charge in [-0.2, -0.15) is 15.4 Å². The highest BCUT2D eigenvalue weighted by Gasteiger charge is 2.16. The van der Waals surface area contributed by atoms with E-state index in [2.05, 4.69) is 15.4 Å². The average molecular weight is 308 g/mol. The van der Waals surface area contributed by atoms with E-state index in [9.17, 15) is 4.79 Å². The summed E-state index contributed by atoms with van der Waals surface area (Å²) < 4.78 is 5.89. The molecule has 0 saturated heterocycles. The standard InChI is InChI=1S/C17H16N4O2/c1-11-7-8-13(15-16(17(18)22)20-21-19-15)9-14(11)23-10-12-5-3-2-4-6-12/h2-9H,10H2,1H3,(H2,18,22)(H,19,20,21). The maximum Gasteiger partial charge on any atom is 0.271 e. The van der Waals surface area contributed by atoms with Crippen LogP contribution in [-0.2, 0) is 6.61 Å². The smallest absolute Gasteiger partial charge is 0.271 e. The van der Waals surface area contributed by atoms with Crippen LogP contribution in [0.4, 0.5) is 0 Å². The number of amides is 1. The Morgan fingerprint density at radius 1 is 1.17 bits per heavy atom. The molecule has 23 heavy (non-hydrogen) atoms. The number of nitrogens with two attached hydrogens (primary N) is 1. The molecule has 1 heterocycles. The summed E-state index contributed by atoms with van der Waals surface area (Å²) in [5.41, 5.74) is 8.64. The van der Waals surface area contributed by atoms with E-state index in [4.69, 9.17) is 10.5 Å². The van der Waals surface area contributed by atoms with Crippen molar-refractivity contribution >= 4 is 5.91 Å². The van der Waals surface area contributed by atoms with Gasteiger partial charge in [-0.3, -0.25) is 4.79 Å². The van der Waals surface area contributed by atoms with Crippen molar-refractivity contribution in [3.8, 4) is 17.0 Å². The fraction of sp³-hybridized carbons (Fsp3) is 0.118. The SMILES string of the molecule is Cc1ccc(-c2n[nH]nc2C(N)=O)cc1OCc1ccccc1. The molecule has 1 aromatic heterocycles. The molecule has 6 nitrogen and oxygen atoms in total. The second kappa shape index (κ2) is 6.31. The topological polar surface area (TPSA) is 93.9 Å². The van der Waals surface area contributed by atoms with Gasteiger partial charge in [-0.15, -0.1) is 0 Å². The second-order valence-corrected chi connectivity index (χ2v) is 5.14. The van der Waals surface area contributed by atoms with Crippen molar-refractivity contribution in [2.75, 3.05) is 0 Å². The maximum atomic E-state index is 11.4. The van der Waals surface area contributed by atoms with E-state index >= 15 is 0 Å². The lowest BCUT2D eigenvalue weighted by Gasteiger charge is -2.10. The van der Waals surface area contributed by atoms with Gasteiger partial charge < -0.3 is 10.5 Å². The summed E-state index contributed by atoms with van der Waals surface area (Å²) in [4.78, 5) is 11.4. The number of aryl methyl sites for hydroxylation is 1. The van der Waals surface area contributed by atoms with Crippen LogP contribution in [0.5, 0.6) is 5.75 Å². The van der Waals surface area contributed by atoms with Crippen LogP contribution in [0.25, 0.3) is 11.3 Å². The maximum absolute atomic E-state index is 11.4. The number of hydrogen-bond acceptors (Lipinski definition) is 4. The Morgan fingerprint density at radius 2 is 1.96 bits per heavy atom. The summed E-state index contributed by atoms with van der Waals surface area (Å²) in [7, 11) is 0. The van der Waals surface area contributed by atoms with Gasteiger partial charge in [-0.1, -0.05) is 42.5 Å². The first kappa shape index (κ1) is 14.8. The number of ether oxygens (including phenoxy) is 1. The number of aromatic nitrogens is 3. The lowest BCUT2D eigenvalue weighted by molar-refractivity contribution is 0.0996. The van der Waals surface area contributed by atoms with Crippen LogP contribution in [0.2, 0.25) is 0 Å². The molecule has 0 aliphatic rings. The Bertz CT molecular complexity index is 828. The Hall–Kier alpha value is -3.15. The molecule has 3 rings (SSSR count). The molecule has 0 unspecified atom stereocenters. The zero-order valence-electron chi connectivity index (χ0n) is 12.6. The Kier molecular flexibility index (Phi) is 4.05. The Labute approximate surface area is 133 Å². The minimum absolute atomic E-state index is 0.114. The number of H-pyrrole nitrogens is 1. The molecule has 0 fully saturated rings. The molecule has 1 amide bonds. The Balaban J connectivity index is 1.87. The molecular formula is C17H16N4O2. The van der Waals surface area contributed by atoms with Crippen LogP contribution in [0.3, 0.4) is 0 Å². The average Bonchev–Trinajstić information content (AvgIpc) is 3.05. The van der Waals surface area contributed by atoms with Gasteiger partial charge in [-0.25, -0.2) is 0 Å². The van der Waals surface area contributed by atoms with E-state index < -0.39 is 5.91 Å². The first-order valence-corrected chi connectivity index (χ1v) is 7.13. The molecule has 0 radical (unpaired) electrons. The summed E-state index contributed by atoms with van der Waals surface area (Å²) in [6.07, 6.45) is 0. The normalized spacial score (nSPS) is 10.5. The third kappa shape index (κ3) is 3.21. The number of carbonyl (C=O) groups is 1. The predicted molar refractivity (Wildman–Crippen MR) is 85.8 cm³/mol. The van der Waals surface area contributed by atoms with Crippen molar-refractivity contribution in [1.82, 2.24) is 15.4 Å². The third-order valence-electron chi connectivity index (χ3n) is 3.48. The molecule has 0 bridgehead atoms. The van der Waals surface area contributed by atoms with Gasteiger partial charge in [0.2, 0.25) is 0 Å². The summed E-state index contributed by atoms with van der Waals surface area (Å²) in [5.74, 6) is 0.103. The number of primary amides is 1. The van der Waals surface area contributed by atoms with E-state index in [0.717, 1.165) is 22.4 Å². The highest BCUT2D eigenvalue weighted by Crippen LogP contribution is 2.27. The quantitative estimate of drug-likeness (QED) is 0.757. The van der Waals surface area contributed by atoms with Gasteiger partial charge in [0.15, 0.2) is 5.69 Å². The van der Waals surface area contributed by atoms with E-state index in [1.54, 1.807) is 0 Å². The molecule has 116 valence electrons. The number of benzene rings is 2. The van der Waals surface area contributed by atoms with Crippen LogP contribution in [0.1, 0.15) is 21.6 Å². The molecule has 3 aromatic rings. The van der Waals surface area contributed by atoms with Crippen molar-refractivity contribution in [2.24, 2.45) is 5.73 Å². The summed E-state index contributed by atoms with van der Waals surface area (Å²) in [5, 5.41) is 10.2. The van der Waals surface area contributed by atoms with Gasteiger partial charge in [0.05, 0.1) is 0 Å². The van der Waals surface area contributed by atoms with Crippen LogP contribution >= 0.6 is 0 Å². The van der Waals surface area contributed by atoms with Gasteiger partial charge >= 0.3 is 0 Å². The van der Waals surface area contributed by atoms with Gasteiger partial charge in [0.25, 0.3) is 5.91 Å². The molecule has 0 spiro atoms. The fourth-order valence-electron chi connectivity index (χ4n) is 2.24. The molecule has 0 aliphatic heterocycles. The number of nitrogens with one attached hydrogen (secondary N) is 1. The lowest BCUT2D eigenvalue weighted by atomic mass is 10.1. The minimum atomic E-state index is -0.624. The van der Waals surface area contributed by atoms with Crippen LogP contribution in [0, 0.1) is 6.92 Å². The lowest BCUT2D eigenvalue weighted by Crippen LogP contribution is -2.12. The minimum Gasteiger partial charge on any atom is -0.489 e. The van der Waals surface area contributed by atoms with Crippen LogP contribution in [-0.4, -0.2) is 21.3 Å². The van der Waals surface area contributed by atoms with Gasteiger partial charge in [0.1, 0.15) is 18.1 Å². The zero-order valence-corrected chi connectivity index (χ0v) is 12.6. The number of carbonyl (C=O) groups excluding carboxylic acids is 1. The highest BCUT2D eigenvalue weighted by atomic mass is 16.5. The number of nitrogens with zero attached hydrogens (tertiary/aromatic N) is 2. The largest absolute Gasteiger partial charge is 0.489 e. The highest BCUT2D eigenvalue weighted by molar-refractivity contribution is 5.96. The number of rotatable bonds is 5. The van der Waals surface area contributed by atoms with Gasteiger partial charge in [0, 0.05) is 5.56 Å². The zero-order chi connectivity index (χ0) is 16.2. The molecule has 2 aromatic carbocycles. The molecule has 3 N–H and O–H groups in total. The van der Waals surface area contributed by atoms with Crippen molar-refractivity contribution in [1.29, 1.82) is 0 Å². The van der Waals surface area contributed by atoms with Crippen LogP contribution < -0.4 is 10.5 Å². The molecule has 0 atom stereocenters. The Morgan fingerprint density at radius 3 is 2.70 bits per heavy atom. The van der Waals surface area contributed by atoms with Gasteiger partial charge in [-0.05, 0) is 24.1 Å². The number of aromatic amines is 1. The predicted octanol–water partition coefficient (Wildman–Crippen LogP) is 2.46. The fourth-order valence-corrected chi connectivity index (χ4v) is 2.24. The van der Waals surface area contributed by atoms with Crippen LogP contribution in [0.15, 0.2) is 48.5 Å². The van der Waals surface area contributed by atoms with Crippen molar-refractivity contribution < 1.29 is 9.53 Å². The van der Waals surface area contributed by atoms with E-state index in [0.29, 0.717) is 12.3 Å². The molecular weight excluding hydrogens is 292 g/mol. The number of hydrogen-bond donors (Lipinski definition) is 2. The monoisotopic (exact) mass is 308 g/mol. The van der Waals surface area contributed by atoms with Crippen molar-refractivity contribution in [3.05, 3.63) is 65.4 Å². The van der Waals surface area contributed by atoms with E-state index in [-0.39, 0.29) is 5.69 Å².